The van der Waals surface area contributed by atoms with Crippen LogP contribution in [0, 0.1) is 12.8 Å². The Bertz CT molecular complexity index is 884. The maximum atomic E-state index is 12.8. The lowest BCUT2D eigenvalue weighted by molar-refractivity contribution is 0.0658. The van der Waals surface area contributed by atoms with Gasteiger partial charge in [0.05, 0.1) is 16.6 Å². The molecule has 1 saturated heterocycles. The zero-order chi connectivity index (χ0) is 19.1. The summed E-state index contributed by atoms with van der Waals surface area (Å²) in [5.74, 6) is 0.580. The third kappa shape index (κ3) is 3.55. The number of aryl methyl sites for hydroxylation is 2. The summed E-state index contributed by atoms with van der Waals surface area (Å²) in [4.78, 5) is 33.1. The summed E-state index contributed by atoms with van der Waals surface area (Å²) in [5, 5.41) is 3.63. The molecule has 1 fully saturated rings. The molecular weight excluding hydrogens is 348 g/mol. The number of rotatable bonds is 4. The maximum absolute atomic E-state index is 12.8. The fourth-order valence-electron chi connectivity index (χ4n) is 3.65. The fourth-order valence-corrected chi connectivity index (χ4v) is 4.71. The van der Waals surface area contributed by atoms with Gasteiger partial charge in [-0.05, 0) is 51.6 Å². The van der Waals surface area contributed by atoms with Gasteiger partial charge in [-0.3, -0.25) is 14.5 Å². The molecule has 1 atom stereocenters. The Labute approximate surface area is 158 Å². The molecular formula is C19H28N4O2S. The zero-order valence-corrected chi connectivity index (χ0v) is 17.1. The molecule has 0 aliphatic carbocycles. The molecule has 3 rings (SSSR count). The number of nitrogens with one attached hydrogen (secondary N) is 1. The number of hydrogen-bond acceptors (Lipinski definition) is 5. The molecule has 1 unspecified atom stereocenters. The molecule has 2 aromatic heterocycles. The number of nitrogens with zero attached hydrogens (tertiary/aromatic N) is 3. The molecule has 1 aliphatic rings. The molecule has 0 bridgehead atoms. The molecule has 2 aromatic rings. The number of amides is 1. The van der Waals surface area contributed by atoms with Gasteiger partial charge in [0, 0.05) is 25.7 Å². The van der Waals surface area contributed by atoms with Gasteiger partial charge in [0.2, 0.25) is 0 Å². The Morgan fingerprint density at radius 3 is 2.88 bits per heavy atom. The highest BCUT2D eigenvalue weighted by Crippen LogP contribution is 2.27. The number of fused-ring (bicyclic) bond motifs is 1. The largest absolute Gasteiger partial charge is 0.349 e. The highest BCUT2D eigenvalue weighted by molar-refractivity contribution is 7.20. The van der Waals surface area contributed by atoms with Crippen molar-refractivity contribution in [3.05, 3.63) is 27.1 Å². The van der Waals surface area contributed by atoms with Crippen LogP contribution in [-0.4, -0.2) is 45.5 Å². The smallest absolute Gasteiger partial charge is 0.262 e. The van der Waals surface area contributed by atoms with Crippen molar-refractivity contribution >= 4 is 27.5 Å². The topological polar surface area (TPSA) is 67.2 Å². The van der Waals surface area contributed by atoms with Gasteiger partial charge in [-0.1, -0.05) is 6.92 Å². The molecule has 0 radical (unpaired) electrons. The van der Waals surface area contributed by atoms with E-state index < -0.39 is 0 Å². The van der Waals surface area contributed by atoms with Crippen LogP contribution >= 0.6 is 11.3 Å². The summed E-state index contributed by atoms with van der Waals surface area (Å²) in [6.45, 7) is 11.2. The van der Waals surface area contributed by atoms with E-state index in [9.17, 15) is 9.59 Å². The van der Waals surface area contributed by atoms with Crippen molar-refractivity contribution < 1.29 is 4.79 Å². The van der Waals surface area contributed by atoms with Crippen molar-refractivity contribution in [2.75, 3.05) is 19.6 Å². The van der Waals surface area contributed by atoms with E-state index in [1.165, 1.54) is 35.1 Å². The second-order valence-electron chi connectivity index (χ2n) is 8.09. The number of thiophene rings is 1. The Balaban J connectivity index is 1.76. The van der Waals surface area contributed by atoms with Gasteiger partial charge in [0.25, 0.3) is 11.5 Å². The normalized spacial score (nSPS) is 19.0. The predicted molar refractivity (Wildman–Crippen MR) is 106 cm³/mol. The van der Waals surface area contributed by atoms with Crippen molar-refractivity contribution in [2.45, 2.75) is 46.1 Å². The summed E-state index contributed by atoms with van der Waals surface area (Å²) >= 11 is 1.29. The third-order valence-electron chi connectivity index (χ3n) is 5.41. The first-order chi connectivity index (χ1) is 12.2. The molecule has 6 nitrogen and oxygen atoms in total. The van der Waals surface area contributed by atoms with E-state index in [0.717, 1.165) is 18.7 Å². The van der Waals surface area contributed by atoms with E-state index in [1.807, 2.05) is 6.92 Å². The average molecular weight is 377 g/mol. The third-order valence-corrected chi connectivity index (χ3v) is 6.61. The van der Waals surface area contributed by atoms with Crippen molar-refractivity contribution in [3.8, 4) is 0 Å². The van der Waals surface area contributed by atoms with Gasteiger partial charge >= 0.3 is 0 Å². The lowest BCUT2D eigenvalue weighted by atomic mass is 9.93. The first kappa shape index (κ1) is 19.0. The first-order valence-electron chi connectivity index (χ1n) is 9.18. The van der Waals surface area contributed by atoms with Gasteiger partial charge in [0.1, 0.15) is 4.83 Å². The SMILES string of the molecule is Cc1c(C(=O)NCC(C)(C)N2CCCC(C)C2)sc2ncn(C)c(=O)c12. The van der Waals surface area contributed by atoms with Crippen LogP contribution in [0.3, 0.4) is 0 Å². The van der Waals surface area contributed by atoms with Crippen LogP contribution in [0.15, 0.2) is 11.1 Å². The Morgan fingerprint density at radius 2 is 2.19 bits per heavy atom. The van der Waals surface area contributed by atoms with Gasteiger partial charge in [0.15, 0.2) is 0 Å². The van der Waals surface area contributed by atoms with Gasteiger partial charge in [-0.15, -0.1) is 11.3 Å². The van der Waals surface area contributed by atoms with Crippen LogP contribution in [0.2, 0.25) is 0 Å². The highest BCUT2D eigenvalue weighted by Gasteiger charge is 2.31. The van der Waals surface area contributed by atoms with Crippen LogP contribution in [0.5, 0.6) is 0 Å². The van der Waals surface area contributed by atoms with E-state index in [4.69, 9.17) is 0 Å². The molecule has 3 heterocycles. The molecule has 142 valence electrons. The minimum atomic E-state index is -0.120. The molecule has 0 saturated carbocycles. The van der Waals surface area contributed by atoms with E-state index in [0.29, 0.717) is 27.6 Å². The molecule has 1 N–H and O–H groups in total. The number of carbonyl (C=O) groups excluding carboxylic acids is 1. The quantitative estimate of drug-likeness (QED) is 0.890. The second kappa shape index (κ2) is 7.12. The van der Waals surface area contributed by atoms with Gasteiger partial charge in [-0.2, -0.15) is 0 Å². The molecule has 7 heteroatoms. The molecule has 1 amide bonds. The van der Waals surface area contributed by atoms with Crippen LogP contribution in [0.25, 0.3) is 10.2 Å². The van der Waals surface area contributed by atoms with Gasteiger partial charge in [-0.25, -0.2) is 4.98 Å². The van der Waals surface area contributed by atoms with Crippen LogP contribution in [0.1, 0.15) is 48.8 Å². The van der Waals surface area contributed by atoms with Crippen LogP contribution < -0.4 is 10.9 Å². The van der Waals surface area contributed by atoms with Crippen molar-refractivity contribution in [1.29, 1.82) is 0 Å². The maximum Gasteiger partial charge on any atom is 0.262 e. The number of piperidine rings is 1. The number of carbonyl (C=O) groups is 1. The Hall–Kier alpha value is -1.73. The molecule has 1 aliphatic heterocycles. The van der Waals surface area contributed by atoms with Crippen LogP contribution in [-0.2, 0) is 7.05 Å². The predicted octanol–water partition coefficient (Wildman–Crippen LogP) is 2.54. The summed E-state index contributed by atoms with van der Waals surface area (Å²) in [6, 6.07) is 0. The molecule has 0 spiro atoms. The van der Waals surface area contributed by atoms with E-state index >= 15 is 0 Å². The van der Waals surface area contributed by atoms with E-state index in [-0.39, 0.29) is 17.0 Å². The zero-order valence-electron chi connectivity index (χ0n) is 16.3. The summed E-state index contributed by atoms with van der Waals surface area (Å²) in [5.41, 5.74) is 0.523. The second-order valence-corrected chi connectivity index (χ2v) is 9.08. The summed E-state index contributed by atoms with van der Waals surface area (Å²) < 4.78 is 1.45. The highest BCUT2D eigenvalue weighted by atomic mass is 32.1. The van der Waals surface area contributed by atoms with Gasteiger partial charge < -0.3 is 9.88 Å². The van der Waals surface area contributed by atoms with Crippen molar-refractivity contribution in [1.82, 2.24) is 19.8 Å². The standard InChI is InChI=1S/C19H28N4O2S/c1-12-7-6-8-23(9-12)19(3,4)10-20-16(24)15-13(2)14-17(26-15)21-11-22(5)18(14)25/h11-12H,6-10H2,1-5H3,(H,20,24). The lowest BCUT2D eigenvalue weighted by Gasteiger charge is -2.43. The minimum absolute atomic E-state index is 0.0939. The average Bonchev–Trinajstić information content (AvgIpc) is 2.93. The fraction of sp³-hybridized carbons (Fsp3) is 0.632. The lowest BCUT2D eigenvalue weighted by Crippen LogP contribution is -2.54. The minimum Gasteiger partial charge on any atom is -0.349 e. The van der Waals surface area contributed by atoms with Crippen LogP contribution in [0.4, 0.5) is 0 Å². The molecule has 26 heavy (non-hydrogen) atoms. The van der Waals surface area contributed by atoms with E-state index in [2.05, 4.69) is 36.0 Å². The molecule has 0 aromatic carbocycles. The number of likely N-dealkylation sites (tertiary alicyclic amines) is 1. The summed E-state index contributed by atoms with van der Waals surface area (Å²) in [6.07, 6.45) is 3.99. The number of aromatic nitrogens is 2. The Kier molecular flexibility index (Phi) is 5.21. The van der Waals surface area contributed by atoms with Crippen molar-refractivity contribution in [2.24, 2.45) is 13.0 Å². The first-order valence-corrected chi connectivity index (χ1v) is 10.0. The monoisotopic (exact) mass is 376 g/mol. The Morgan fingerprint density at radius 1 is 1.46 bits per heavy atom. The van der Waals surface area contributed by atoms with Crippen molar-refractivity contribution in [3.63, 3.8) is 0 Å². The van der Waals surface area contributed by atoms with E-state index in [1.54, 1.807) is 7.05 Å². The summed E-state index contributed by atoms with van der Waals surface area (Å²) in [7, 11) is 1.67. The number of hydrogen-bond donors (Lipinski definition) is 1.